The average molecular weight is 245 g/mol. The average Bonchev–Trinajstić information content (AvgIpc) is 2.87. The Hall–Kier alpha value is -2.24. The van der Waals surface area contributed by atoms with Crippen molar-refractivity contribution in [2.75, 3.05) is 11.9 Å². The molecule has 18 heavy (non-hydrogen) atoms. The number of carbonyl (C=O) groups is 1. The van der Waals surface area contributed by atoms with Gasteiger partial charge in [0.15, 0.2) is 0 Å². The van der Waals surface area contributed by atoms with Crippen molar-refractivity contribution in [1.29, 1.82) is 0 Å². The number of carbonyl (C=O) groups excluding carboxylic acids is 1. The summed E-state index contributed by atoms with van der Waals surface area (Å²) in [6.45, 7) is 2.05. The third-order valence-electron chi connectivity index (χ3n) is 2.56. The van der Waals surface area contributed by atoms with E-state index in [0.29, 0.717) is 0 Å². The Morgan fingerprint density at radius 2 is 2.11 bits per heavy atom. The van der Waals surface area contributed by atoms with Gasteiger partial charge in [0.2, 0.25) is 5.82 Å². The molecule has 0 unspecified atom stereocenters. The summed E-state index contributed by atoms with van der Waals surface area (Å²) in [5.41, 5.74) is 0.761. The van der Waals surface area contributed by atoms with E-state index in [1.54, 1.807) is 31.6 Å². The SMILES string of the molecule is CCCc1nc(C(=O)N(C)c2ccncc2)n[nH]1. The highest BCUT2D eigenvalue weighted by atomic mass is 16.2. The fourth-order valence-corrected chi connectivity index (χ4v) is 1.57. The van der Waals surface area contributed by atoms with Crippen molar-refractivity contribution in [2.24, 2.45) is 0 Å². The molecule has 2 heterocycles. The smallest absolute Gasteiger partial charge is 0.297 e. The van der Waals surface area contributed by atoms with Crippen LogP contribution < -0.4 is 4.90 Å². The Morgan fingerprint density at radius 3 is 2.78 bits per heavy atom. The zero-order valence-electron chi connectivity index (χ0n) is 10.4. The Kier molecular flexibility index (Phi) is 3.66. The van der Waals surface area contributed by atoms with Crippen LogP contribution in [0.2, 0.25) is 0 Å². The number of amides is 1. The lowest BCUT2D eigenvalue weighted by Gasteiger charge is -2.14. The molecule has 94 valence electrons. The lowest BCUT2D eigenvalue weighted by molar-refractivity contribution is 0.0983. The van der Waals surface area contributed by atoms with Gasteiger partial charge < -0.3 is 4.90 Å². The summed E-state index contributed by atoms with van der Waals surface area (Å²) in [5, 5.41) is 6.71. The summed E-state index contributed by atoms with van der Waals surface area (Å²) in [7, 11) is 1.69. The second-order valence-corrected chi connectivity index (χ2v) is 3.93. The van der Waals surface area contributed by atoms with E-state index in [4.69, 9.17) is 0 Å². The van der Waals surface area contributed by atoms with Crippen molar-refractivity contribution < 1.29 is 4.79 Å². The normalized spacial score (nSPS) is 10.3. The van der Waals surface area contributed by atoms with E-state index >= 15 is 0 Å². The molecule has 0 bridgehead atoms. The van der Waals surface area contributed by atoms with E-state index in [1.807, 2.05) is 6.92 Å². The predicted molar refractivity (Wildman–Crippen MR) is 67.3 cm³/mol. The van der Waals surface area contributed by atoms with Gasteiger partial charge in [-0.3, -0.25) is 14.9 Å². The van der Waals surface area contributed by atoms with E-state index in [-0.39, 0.29) is 11.7 Å². The number of H-pyrrole nitrogens is 1. The van der Waals surface area contributed by atoms with Gasteiger partial charge in [0, 0.05) is 31.5 Å². The van der Waals surface area contributed by atoms with Crippen molar-refractivity contribution in [3.8, 4) is 0 Å². The monoisotopic (exact) mass is 245 g/mol. The first-order valence-corrected chi connectivity index (χ1v) is 5.81. The number of hydrogen-bond donors (Lipinski definition) is 1. The molecule has 2 aromatic heterocycles. The fraction of sp³-hybridized carbons (Fsp3) is 0.333. The first kappa shape index (κ1) is 12.2. The molecular formula is C12H15N5O. The number of hydrogen-bond acceptors (Lipinski definition) is 4. The molecule has 0 aliphatic heterocycles. The van der Waals surface area contributed by atoms with E-state index in [9.17, 15) is 4.79 Å². The maximum atomic E-state index is 12.1. The quantitative estimate of drug-likeness (QED) is 0.884. The van der Waals surface area contributed by atoms with Crippen LogP contribution in [-0.4, -0.2) is 33.1 Å². The maximum Gasteiger partial charge on any atom is 0.297 e. The van der Waals surface area contributed by atoms with Gasteiger partial charge in [-0.15, -0.1) is 5.10 Å². The molecule has 2 aromatic rings. The number of nitrogens with zero attached hydrogens (tertiary/aromatic N) is 4. The van der Waals surface area contributed by atoms with Gasteiger partial charge in [-0.1, -0.05) is 6.92 Å². The summed E-state index contributed by atoms with van der Waals surface area (Å²) in [4.78, 5) is 21.7. The Balaban J connectivity index is 2.15. The zero-order chi connectivity index (χ0) is 13.0. The van der Waals surface area contributed by atoms with E-state index < -0.39 is 0 Å². The van der Waals surface area contributed by atoms with Crippen molar-refractivity contribution in [3.63, 3.8) is 0 Å². The summed E-state index contributed by atoms with van der Waals surface area (Å²) in [6, 6.07) is 3.52. The summed E-state index contributed by atoms with van der Waals surface area (Å²) < 4.78 is 0. The predicted octanol–water partition coefficient (Wildman–Crippen LogP) is 1.43. The van der Waals surface area contributed by atoms with Crippen LogP contribution in [0.5, 0.6) is 0 Å². The van der Waals surface area contributed by atoms with Crippen molar-refractivity contribution in [3.05, 3.63) is 36.2 Å². The Morgan fingerprint density at radius 1 is 1.39 bits per heavy atom. The van der Waals surface area contributed by atoms with Crippen LogP contribution in [0.25, 0.3) is 0 Å². The van der Waals surface area contributed by atoms with Crippen LogP contribution >= 0.6 is 0 Å². The minimum atomic E-state index is -0.236. The molecule has 0 atom stereocenters. The summed E-state index contributed by atoms with van der Waals surface area (Å²) >= 11 is 0. The van der Waals surface area contributed by atoms with Gasteiger partial charge in [0.1, 0.15) is 5.82 Å². The molecule has 0 spiro atoms. The van der Waals surface area contributed by atoms with Crippen LogP contribution in [0.3, 0.4) is 0 Å². The Labute approximate surface area is 105 Å². The van der Waals surface area contributed by atoms with Crippen molar-refractivity contribution in [2.45, 2.75) is 19.8 Å². The third-order valence-corrected chi connectivity index (χ3v) is 2.56. The molecule has 1 amide bonds. The Bertz CT molecular complexity index is 522. The molecule has 0 saturated carbocycles. The molecule has 6 heteroatoms. The minimum Gasteiger partial charge on any atom is -0.309 e. The first-order chi connectivity index (χ1) is 8.72. The van der Waals surface area contributed by atoms with Crippen LogP contribution in [0.4, 0.5) is 5.69 Å². The largest absolute Gasteiger partial charge is 0.309 e. The van der Waals surface area contributed by atoms with Crippen LogP contribution in [0.1, 0.15) is 29.8 Å². The highest BCUT2D eigenvalue weighted by molar-refractivity contribution is 6.02. The molecular weight excluding hydrogens is 230 g/mol. The highest BCUT2D eigenvalue weighted by Gasteiger charge is 2.18. The summed E-state index contributed by atoms with van der Waals surface area (Å²) in [6.07, 6.45) is 5.03. The topological polar surface area (TPSA) is 74.8 Å². The summed E-state index contributed by atoms with van der Waals surface area (Å²) in [5.74, 6) is 0.696. The van der Waals surface area contributed by atoms with Gasteiger partial charge in [0.25, 0.3) is 5.91 Å². The minimum absolute atomic E-state index is 0.192. The molecule has 2 rings (SSSR count). The molecule has 1 N–H and O–H groups in total. The third kappa shape index (κ3) is 2.53. The van der Waals surface area contributed by atoms with Crippen LogP contribution in [-0.2, 0) is 6.42 Å². The van der Waals surface area contributed by atoms with Crippen LogP contribution in [0.15, 0.2) is 24.5 Å². The lowest BCUT2D eigenvalue weighted by Crippen LogP contribution is -2.27. The lowest BCUT2D eigenvalue weighted by atomic mass is 10.3. The molecule has 0 aliphatic carbocycles. The van der Waals surface area contributed by atoms with Crippen molar-refractivity contribution >= 4 is 11.6 Å². The molecule has 0 saturated heterocycles. The molecule has 6 nitrogen and oxygen atoms in total. The number of pyridine rings is 1. The number of rotatable bonds is 4. The second kappa shape index (κ2) is 5.39. The molecule has 0 radical (unpaired) electrons. The maximum absolute atomic E-state index is 12.1. The number of nitrogens with one attached hydrogen (secondary N) is 1. The standard InChI is InChI=1S/C12H15N5O/c1-3-4-10-14-11(16-15-10)12(18)17(2)9-5-7-13-8-6-9/h5-8H,3-4H2,1-2H3,(H,14,15,16). The van der Waals surface area contributed by atoms with Gasteiger partial charge in [-0.2, -0.15) is 0 Å². The molecule has 0 aliphatic rings. The van der Waals surface area contributed by atoms with Crippen molar-refractivity contribution in [1.82, 2.24) is 20.2 Å². The zero-order valence-corrected chi connectivity index (χ0v) is 10.4. The van der Waals surface area contributed by atoms with Crippen LogP contribution in [0, 0.1) is 0 Å². The molecule has 0 fully saturated rings. The van der Waals surface area contributed by atoms with Gasteiger partial charge >= 0.3 is 0 Å². The van der Waals surface area contributed by atoms with E-state index in [2.05, 4.69) is 20.2 Å². The number of anilines is 1. The molecule has 0 aromatic carbocycles. The van der Waals surface area contributed by atoms with E-state index in [0.717, 1.165) is 24.4 Å². The van der Waals surface area contributed by atoms with Gasteiger partial charge in [-0.05, 0) is 18.6 Å². The van der Waals surface area contributed by atoms with Gasteiger partial charge in [0.05, 0.1) is 0 Å². The van der Waals surface area contributed by atoms with Gasteiger partial charge in [-0.25, -0.2) is 4.98 Å². The number of aromatic nitrogens is 4. The number of aryl methyl sites for hydroxylation is 1. The second-order valence-electron chi connectivity index (χ2n) is 3.93. The fourth-order valence-electron chi connectivity index (χ4n) is 1.57. The van der Waals surface area contributed by atoms with E-state index in [1.165, 1.54) is 4.90 Å². The first-order valence-electron chi connectivity index (χ1n) is 5.81. The number of aromatic amines is 1. The highest BCUT2D eigenvalue weighted by Crippen LogP contribution is 2.12.